The highest BCUT2D eigenvalue weighted by molar-refractivity contribution is 5.94. The maximum absolute atomic E-state index is 12.5. The first kappa shape index (κ1) is 13.2. The van der Waals surface area contributed by atoms with Crippen molar-refractivity contribution >= 4 is 11.9 Å². The van der Waals surface area contributed by atoms with E-state index in [0.717, 1.165) is 6.08 Å². The number of hydrogen-bond acceptors (Lipinski definition) is 1. The molecule has 0 aliphatic heterocycles. The van der Waals surface area contributed by atoms with Crippen molar-refractivity contribution < 1.29 is 22.4 Å². The van der Waals surface area contributed by atoms with Crippen LogP contribution in [0.25, 0.3) is 6.08 Å². The molecule has 0 unspecified atom stereocenters. The van der Waals surface area contributed by atoms with Crippen LogP contribution in [0.15, 0.2) is 42.5 Å². The molecular weight excluding hydrogens is 236 g/mol. The molecule has 5 heteroatoms. The van der Waals surface area contributed by atoms with E-state index in [2.05, 4.69) is 0 Å². The van der Waals surface area contributed by atoms with E-state index < -0.39 is 17.8 Å². The summed E-state index contributed by atoms with van der Waals surface area (Å²) in [6.07, 6.45) is -0.699. The van der Waals surface area contributed by atoms with Crippen molar-refractivity contribution in [2.45, 2.75) is 6.18 Å². The number of hydrogen-bond donors (Lipinski definition) is 0. The maximum Gasteiger partial charge on any atom is 0.454 e. The van der Waals surface area contributed by atoms with Crippen molar-refractivity contribution in [1.82, 2.24) is 0 Å². The smallest absolute Gasteiger partial charge is 0.285 e. The summed E-state index contributed by atoms with van der Waals surface area (Å²) in [7, 11) is 0. The van der Waals surface area contributed by atoms with Gasteiger partial charge in [-0.25, -0.2) is 4.39 Å². The average molecular weight is 244 g/mol. The molecule has 0 heterocycles. The molecule has 0 N–H and O–H groups in total. The topological polar surface area (TPSA) is 17.1 Å². The highest BCUT2D eigenvalue weighted by atomic mass is 19.4. The number of allylic oxidation sites excluding steroid dienone is 3. The minimum atomic E-state index is -4.85. The zero-order valence-electron chi connectivity index (χ0n) is 8.54. The molecule has 0 saturated carbocycles. The standard InChI is InChI=1S/C12H8F4O/c13-10-7-5-9(6-8-10)3-1-2-4-11(17)12(14,15)16/h1-8H/b3-1+,4-2+. The second-order valence-electron chi connectivity index (χ2n) is 3.13. The molecule has 0 amide bonds. The lowest BCUT2D eigenvalue weighted by molar-refractivity contribution is -0.165. The van der Waals surface area contributed by atoms with E-state index >= 15 is 0 Å². The van der Waals surface area contributed by atoms with Crippen molar-refractivity contribution in [3.8, 4) is 0 Å². The number of carbonyl (C=O) groups is 1. The monoisotopic (exact) mass is 244 g/mol. The summed E-state index contributed by atoms with van der Waals surface area (Å²) in [6.45, 7) is 0. The van der Waals surface area contributed by atoms with Crippen LogP contribution in [0.2, 0.25) is 0 Å². The fourth-order valence-electron chi connectivity index (χ4n) is 0.978. The summed E-state index contributed by atoms with van der Waals surface area (Å²) in [5, 5.41) is 0. The molecule has 1 aromatic rings. The molecule has 0 aliphatic carbocycles. The van der Waals surface area contributed by atoms with Crippen LogP contribution in [0.1, 0.15) is 5.56 Å². The first-order chi connectivity index (χ1) is 7.89. The zero-order valence-corrected chi connectivity index (χ0v) is 8.54. The van der Waals surface area contributed by atoms with Crippen molar-refractivity contribution in [2.75, 3.05) is 0 Å². The number of rotatable bonds is 3. The Morgan fingerprint density at radius 2 is 1.65 bits per heavy atom. The van der Waals surface area contributed by atoms with Gasteiger partial charge < -0.3 is 0 Å². The third-order valence-corrected chi connectivity index (χ3v) is 1.80. The fraction of sp³-hybridized carbons (Fsp3) is 0.0833. The van der Waals surface area contributed by atoms with E-state index in [0.29, 0.717) is 11.6 Å². The Hall–Kier alpha value is -1.91. The van der Waals surface area contributed by atoms with Crippen LogP contribution in [0, 0.1) is 5.82 Å². The highest BCUT2D eigenvalue weighted by Crippen LogP contribution is 2.16. The molecule has 17 heavy (non-hydrogen) atoms. The lowest BCUT2D eigenvalue weighted by atomic mass is 10.2. The van der Waals surface area contributed by atoms with E-state index in [-0.39, 0.29) is 0 Å². The predicted octanol–water partition coefficient (Wildman–Crippen LogP) is 3.53. The average Bonchev–Trinajstić information content (AvgIpc) is 2.25. The van der Waals surface area contributed by atoms with Crippen molar-refractivity contribution in [2.24, 2.45) is 0 Å². The fourth-order valence-corrected chi connectivity index (χ4v) is 0.978. The molecular formula is C12H8F4O. The predicted molar refractivity (Wildman–Crippen MR) is 55.6 cm³/mol. The summed E-state index contributed by atoms with van der Waals surface area (Å²) in [4.78, 5) is 10.4. The van der Waals surface area contributed by atoms with Crippen molar-refractivity contribution in [3.63, 3.8) is 0 Å². The van der Waals surface area contributed by atoms with E-state index in [4.69, 9.17) is 0 Å². The third-order valence-electron chi connectivity index (χ3n) is 1.80. The Labute approximate surface area is 95.1 Å². The molecule has 0 atom stereocenters. The second-order valence-corrected chi connectivity index (χ2v) is 3.13. The van der Waals surface area contributed by atoms with Crippen LogP contribution >= 0.6 is 0 Å². The quantitative estimate of drug-likeness (QED) is 0.451. The summed E-state index contributed by atoms with van der Waals surface area (Å²) in [5.41, 5.74) is 0.621. The maximum atomic E-state index is 12.5. The van der Waals surface area contributed by atoms with Gasteiger partial charge in [0.05, 0.1) is 0 Å². The zero-order chi connectivity index (χ0) is 12.9. The molecule has 90 valence electrons. The van der Waals surface area contributed by atoms with Gasteiger partial charge in [-0.2, -0.15) is 13.2 Å². The van der Waals surface area contributed by atoms with Gasteiger partial charge >= 0.3 is 6.18 Å². The van der Waals surface area contributed by atoms with Gasteiger partial charge in [-0.15, -0.1) is 0 Å². The normalized spacial score (nSPS) is 12.5. The lowest BCUT2D eigenvalue weighted by Gasteiger charge is -1.97. The minimum Gasteiger partial charge on any atom is -0.285 e. The third kappa shape index (κ3) is 4.63. The summed E-state index contributed by atoms with van der Waals surface area (Å²) in [6, 6.07) is 5.38. The Bertz CT molecular complexity index is 441. The van der Waals surface area contributed by atoms with Crippen LogP contribution in [0.3, 0.4) is 0 Å². The van der Waals surface area contributed by atoms with E-state index in [1.807, 2.05) is 0 Å². The molecule has 1 rings (SSSR count). The Morgan fingerprint density at radius 1 is 1.06 bits per heavy atom. The number of halogens is 4. The SMILES string of the molecule is O=C(/C=C/C=C/c1ccc(F)cc1)C(F)(F)F. The molecule has 1 nitrogen and oxygen atoms in total. The molecule has 0 spiro atoms. The van der Waals surface area contributed by atoms with Crippen LogP contribution in [-0.2, 0) is 4.79 Å². The number of benzene rings is 1. The molecule has 0 saturated heterocycles. The summed E-state index contributed by atoms with van der Waals surface area (Å²) >= 11 is 0. The van der Waals surface area contributed by atoms with Crippen LogP contribution in [0.5, 0.6) is 0 Å². The van der Waals surface area contributed by atoms with Crippen molar-refractivity contribution in [1.29, 1.82) is 0 Å². The molecule has 0 radical (unpaired) electrons. The molecule has 1 aromatic carbocycles. The van der Waals surface area contributed by atoms with Gasteiger partial charge in [0.25, 0.3) is 5.78 Å². The number of ketones is 1. The molecule has 0 fully saturated rings. The van der Waals surface area contributed by atoms with Crippen LogP contribution in [0.4, 0.5) is 17.6 Å². The lowest BCUT2D eigenvalue weighted by Crippen LogP contribution is -2.19. The minimum absolute atomic E-state index is 0.398. The summed E-state index contributed by atoms with van der Waals surface area (Å²) in [5.74, 6) is -2.31. The first-order valence-electron chi connectivity index (χ1n) is 4.61. The van der Waals surface area contributed by atoms with E-state index in [9.17, 15) is 22.4 Å². The van der Waals surface area contributed by atoms with Gasteiger partial charge in [0, 0.05) is 0 Å². The molecule has 0 bridgehead atoms. The van der Waals surface area contributed by atoms with Gasteiger partial charge in [0.15, 0.2) is 0 Å². The van der Waals surface area contributed by atoms with Crippen LogP contribution in [-0.4, -0.2) is 12.0 Å². The Kier molecular flexibility index (Phi) is 4.20. The van der Waals surface area contributed by atoms with Gasteiger partial charge in [0.1, 0.15) is 5.82 Å². The number of alkyl halides is 3. The van der Waals surface area contributed by atoms with Crippen LogP contribution < -0.4 is 0 Å². The first-order valence-corrected chi connectivity index (χ1v) is 4.61. The van der Waals surface area contributed by atoms with Gasteiger partial charge in [-0.05, 0) is 23.8 Å². The van der Waals surface area contributed by atoms with E-state index in [1.54, 1.807) is 0 Å². The van der Waals surface area contributed by atoms with Crippen molar-refractivity contribution in [3.05, 3.63) is 53.9 Å². The largest absolute Gasteiger partial charge is 0.454 e. The Morgan fingerprint density at radius 3 is 2.18 bits per heavy atom. The molecule has 0 aromatic heterocycles. The van der Waals surface area contributed by atoms with Gasteiger partial charge in [0.2, 0.25) is 0 Å². The summed E-state index contributed by atoms with van der Waals surface area (Å²) < 4.78 is 47.8. The molecule has 0 aliphatic rings. The van der Waals surface area contributed by atoms with Gasteiger partial charge in [-0.3, -0.25) is 4.79 Å². The van der Waals surface area contributed by atoms with Gasteiger partial charge in [-0.1, -0.05) is 30.4 Å². The highest BCUT2D eigenvalue weighted by Gasteiger charge is 2.35. The Balaban J connectivity index is 2.59. The number of carbonyl (C=O) groups excluding carboxylic acids is 1. The second kappa shape index (κ2) is 5.43. The van der Waals surface area contributed by atoms with E-state index in [1.165, 1.54) is 36.4 Å².